The van der Waals surface area contributed by atoms with Crippen molar-refractivity contribution in [2.24, 2.45) is 10.2 Å². The number of hydrogen-bond acceptors (Lipinski definition) is 5. The minimum absolute atomic E-state index is 0.0869. The largest absolute Gasteiger partial charge is 0.301 e. The number of aromatic amines is 1. The number of halogens is 2. The van der Waals surface area contributed by atoms with Gasteiger partial charge in [-0.15, -0.1) is 16.5 Å². The fraction of sp³-hybridized carbons (Fsp3) is 0.294. The van der Waals surface area contributed by atoms with Gasteiger partial charge in [-0.1, -0.05) is 44.0 Å². The summed E-state index contributed by atoms with van der Waals surface area (Å²) >= 11 is 13.3. The Morgan fingerprint density at radius 1 is 1.19 bits per heavy atom. The van der Waals surface area contributed by atoms with E-state index in [1.807, 2.05) is 5.38 Å². The maximum absolute atomic E-state index is 12.7. The highest BCUT2D eigenvalue weighted by Crippen LogP contribution is 2.28. The average molecular weight is 410 g/mol. The van der Waals surface area contributed by atoms with E-state index >= 15 is 0 Å². The van der Waals surface area contributed by atoms with Gasteiger partial charge < -0.3 is 0 Å². The van der Waals surface area contributed by atoms with E-state index in [1.165, 1.54) is 16.0 Å². The summed E-state index contributed by atoms with van der Waals surface area (Å²) < 4.78 is 1.39. The van der Waals surface area contributed by atoms with E-state index in [0.29, 0.717) is 26.6 Å². The number of rotatable bonds is 3. The molecule has 1 aromatic carbocycles. The van der Waals surface area contributed by atoms with Crippen LogP contribution in [-0.4, -0.2) is 14.8 Å². The number of hydrogen-bond donors (Lipinski definition) is 1. The van der Waals surface area contributed by atoms with Crippen molar-refractivity contribution in [3.05, 3.63) is 55.4 Å². The number of nitrogens with one attached hydrogen (secondary N) is 1. The van der Waals surface area contributed by atoms with E-state index in [1.54, 1.807) is 25.1 Å². The highest BCUT2D eigenvalue weighted by atomic mass is 35.5. The lowest BCUT2D eigenvalue weighted by Crippen LogP contribution is -2.16. The summed E-state index contributed by atoms with van der Waals surface area (Å²) in [6, 6.07) is 4.89. The van der Waals surface area contributed by atoms with Crippen molar-refractivity contribution in [3.63, 3.8) is 0 Å². The maximum Gasteiger partial charge on any atom is 0.301 e. The van der Waals surface area contributed by atoms with Crippen LogP contribution < -0.4 is 5.56 Å². The van der Waals surface area contributed by atoms with Gasteiger partial charge in [0, 0.05) is 10.8 Å². The third kappa shape index (κ3) is 3.75. The van der Waals surface area contributed by atoms with Crippen LogP contribution in [0.2, 0.25) is 10.0 Å². The molecule has 1 N–H and O–H groups in total. The number of nitrogens with zero attached hydrogens (tertiary/aromatic N) is 4. The van der Waals surface area contributed by atoms with Gasteiger partial charge in [0.05, 0.1) is 27.1 Å². The summed E-state index contributed by atoms with van der Waals surface area (Å²) in [4.78, 5) is 17.2. The molecule has 3 aromatic rings. The Morgan fingerprint density at radius 3 is 2.54 bits per heavy atom. The predicted octanol–water partition coefficient (Wildman–Crippen LogP) is 5.95. The number of H-pyrrole nitrogens is 1. The molecule has 0 saturated heterocycles. The summed E-state index contributed by atoms with van der Waals surface area (Å²) in [5.41, 5.74) is 1.87. The maximum atomic E-state index is 12.7. The average Bonchev–Trinajstić information content (AvgIpc) is 3.14. The topological polar surface area (TPSA) is 75.4 Å². The zero-order valence-electron chi connectivity index (χ0n) is 14.7. The fourth-order valence-corrected chi connectivity index (χ4v) is 3.46. The van der Waals surface area contributed by atoms with E-state index in [0.717, 1.165) is 5.69 Å². The Balaban J connectivity index is 1.95. The Labute approximate surface area is 164 Å². The first-order valence-electron chi connectivity index (χ1n) is 7.81. The summed E-state index contributed by atoms with van der Waals surface area (Å²) in [5, 5.41) is 14.5. The zero-order chi connectivity index (χ0) is 19.1. The number of aryl methyl sites for hydroxylation is 1. The summed E-state index contributed by atoms with van der Waals surface area (Å²) in [6.45, 7) is 7.99. The van der Waals surface area contributed by atoms with Crippen LogP contribution in [0.15, 0.2) is 38.6 Å². The smallest absolute Gasteiger partial charge is 0.291 e. The van der Waals surface area contributed by atoms with Crippen LogP contribution in [0.25, 0.3) is 5.13 Å². The van der Waals surface area contributed by atoms with Gasteiger partial charge in [0.2, 0.25) is 5.13 Å². The van der Waals surface area contributed by atoms with Crippen LogP contribution in [0.1, 0.15) is 32.2 Å². The first kappa shape index (κ1) is 18.8. The van der Waals surface area contributed by atoms with Crippen LogP contribution >= 0.6 is 34.5 Å². The monoisotopic (exact) mass is 409 g/mol. The molecule has 0 radical (unpaired) electrons. The van der Waals surface area contributed by atoms with Gasteiger partial charge in [0.1, 0.15) is 0 Å². The molecule has 2 heterocycles. The Kier molecular flexibility index (Phi) is 5.05. The van der Waals surface area contributed by atoms with Crippen molar-refractivity contribution in [3.8, 4) is 5.13 Å². The molecule has 0 atom stereocenters. The van der Waals surface area contributed by atoms with Crippen molar-refractivity contribution in [1.82, 2.24) is 14.8 Å². The van der Waals surface area contributed by atoms with Gasteiger partial charge in [-0.2, -0.15) is 9.80 Å². The number of azo groups is 1. The van der Waals surface area contributed by atoms with Gasteiger partial charge in [0.25, 0.3) is 0 Å². The van der Waals surface area contributed by atoms with E-state index in [9.17, 15) is 4.79 Å². The van der Waals surface area contributed by atoms with Crippen LogP contribution in [0, 0.1) is 6.92 Å². The lowest BCUT2D eigenvalue weighted by Gasteiger charge is -2.13. The second kappa shape index (κ2) is 6.98. The zero-order valence-corrected chi connectivity index (χ0v) is 17.0. The molecule has 26 heavy (non-hydrogen) atoms. The molecule has 0 aliphatic rings. The van der Waals surface area contributed by atoms with Crippen LogP contribution in [-0.2, 0) is 5.41 Å². The van der Waals surface area contributed by atoms with Crippen LogP contribution in [0.4, 0.5) is 11.4 Å². The SMILES string of the molecule is Cc1[nH]n(-c2nc(C(C)(C)C)cs2)c(=O)c1N=Nc1ccc(Cl)c(Cl)c1. The molecule has 0 spiro atoms. The first-order chi connectivity index (χ1) is 12.2. The van der Waals surface area contributed by atoms with E-state index in [4.69, 9.17) is 23.2 Å². The van der Waals surface area contributed by atoms with Crippen LogP contribution in [0.3, 0.4) is 0 Å². The quantitative estimate of drug-likeness (QED) is 0.542. The lowest BCUT2D eigenvalue weighted by atomic mass is 9.93. The third-order valence-electron chi connectivity index (χ3n) is 3.66. The fourth-order valence-electron chi connectivity index (χ4n) is 2.16. The second-order valence-electron chi connectivity index (χ2n) is 6.79. The molecule has 0 aliphatic heterocycles. The predicted molar refractivity (Wildman–Crippen MR) is 106 cm³/mol. The molecule has 0 fully saturated rings. The van der Waals surface area contributed by atoms with E-state index < -0.39 is 0 Å². The van der Waals surface area contributed by atoms with Crippen molar-refractivity contribution in [1.29, 1.82) is 0 Å². The van der Waals surface area contributed by atoms with Gasteiger partial charge in [-0.3, -0.25) is 9.89 Å². The molecule has 2 aromatic heterocycles. The van der Waals surface area contributed by atoms with Crippen molar-refractivity contribution in [2.75, 3.05) is 0 Å². The molecule has 0 unspecified atom stereocenters. The van der Waals surface area contributed by atoms with Crippen molar-refractivity contribution < 1.29 is 0 Å². The molecule has 9 heteroatoms. The summed E-state index contributed by atoms with van der Waals surface area (Å²) in [5.74, 6) is 0. The molecular weight excluding hydrogens is 393 g/mol. The molecule has 0 saturated carbocycles. The number of aromatic nitrogens is 3. The molecule has 0 amide bonds. The van der Waals surface area contributed by atoms with Crippen LogP contribution in [0.5, 0.6) is 0 Å². The van der Waals surface area contributed by atoms with Gasteiger partial charge >= 0.3 is 5.56 Å². The van der Waals surface area contributed by atoms with Gasteiger partial charge in [0.15, 0.2) is 5.69 Å². The number of benzene rings is 1. The van der Waals surface area contributed by atoms with E-state index in [-0.39, 0.29) is 16.7 Å². The Bertz CT molecular complexity index is 1040. The molecule has 0 bridgehead atoms. The molecule has 6 nitrogen and oxygen atoms in total. The highest BCUT2D eigenvalue weighted by Gasteiger charge is 2.20. The normalized spacial score (nSPS) is 12.2. The molecular formula is C17H17Cl2N5OS. The summed E-state index contributed by atoms with van der Waals surface area (Å²) in [6.07, 6.45) is 0. The summed E-state index contributed by atoms with van der Waals surface area (Å²) in [7, 11) is 0. The minimum Gasteiger partial charge on any atom is -0.291 e. The van der Waals surface area contributed by atoms with Crippen molar-refractivity contribution in [2.45, 2.75) is 33.1 Å². The third-order valence-corrected chi connectivity index (χ3v) is 5.23. The molecule has 3 rings (SSSR count). The minimum atomic E-state index is -0.305. The van der Waals surface area contributed by atoms with Gasteiger partial charge in [-0.05, 0) is 25.1 Å². The van der Waals surface area contributed by atoms with Crippen molar-refractivity contribution >= 4 is 45.9 Å². The highest BCUT2D eigenvalue weighted by molar-refractivity contribution is 7.12. The lowest BCUT2D eigenvalue weighted by molar-refractivity contribution is 0.571. The molecule has 136 valence electrons. The van der Waals surface area contributed by atoms with Gasteiger partial charge in [-0.25, -0.2) is 4.98 Å². The number of thiazole rings is 1. The molecule has 0 aliphatic carbocycles. The van der Waals surface area contributed by atoms with E-state index in [2.05, 4.69) is 41.1 Å². The standard InChI is InChI=1S/C17H17Cl2N5OS/c1-9-14(22-21-10-5-6-11(18)12(19)7-10)15(25)24(23-9)16-20-13(8-26-16)17(2,3)4/h5-8,23H,1-4H3. The second-order valence-corrected chi connectivity index (χ2v) is 8.44. The Hall–Kier alpha value is -1.96. The first-order valence-corrected chi connectivity index (χ1v) is 9.45. The Morgan fingerprint density at radius 2 is 1.92 bits per heavy atom.